The predicted molar refractivity (Wildman–Crippen MR) is 56.3 cm³/mol. The number of piperidine rings is 2. The van der Waals surface area contributed by atoms with Crippen LogP contribution in [0.1, 0.15) is 12.8 Å². The molecule has 3 rings (SSSR count). The maximum Gasteiger partial charge on any atom is 0.410 e. The number of ether oxygens (including phenoxy) is 1. The number of halogens is 1. The molecule has 2 aliphatic heterocycles. The van der Waals surface area contributed by atoms with Crippen LogP contribution in [0.3, 0.4) is 0 Å². The van der Waals surface area contributed by atoms with Crippen LogP contribution in [0, 0.1) is 5.41 Å². The van der Waals surface area contributed by atoms with Gasteiger partial charge in [0.2, 0.25) is 0 Å². The Labute approximate surface area is 97.8 Å². The predicted octanol–water partition coefficient (Wildman–Crippen LogP) is 1.20. The number of alkyl halides is 1. The molecule has 17 heavy (non-hydrogen) atoms. The molecular formula is C11H14FNO4. The number of fused-ring (bicyclic) bond motifs is 2. The Hall–Kier alpha value is -1.59. The van der Waals surface area contributed by atoms with Gasteiger partial charge in [-0.25, -0.2) is 9.18 Å². The summed E-state index contributed by atoms with van der Waals surface area (Å²) in [5.74, 6) is -1.05. The highest BCUT2D eigenvalue weighted by molar-refractivity contribution is 5.79. The molecule has 0 atom stereocenters. The average Bonchev–Trinajstić information content (AvgIpc) is 2.23. The van der Waals surface area contributed by atoms with Crippen molar-refractivity contribution in [1.82, 2.24) is 4.90 Å². The number of aliphatic carboxylic acids is 1. The highest BCUT2D eigenvalue weighted by atomic mass is 19.1. The van der Waals surface area contributed by atoms with E-state index in [9.17, 15) is 14.0 Å². The van der Waals surface area contributed by atoms with E-state index in [4.69, 9.17) is 9.84 Å². The van der Waals surface area contributed by atoms with Crippen molar-refractivity contribution in [2.24, 2.45) is 5.41 Å². The number of carbonyl (C=O) groups excluding carboxylic acids is 1. The van der Waals surface area contributed by atoms with Gasteiger partial charge in [-0.1, -0.05) is 12.7 Å². The van der Waals surface area contributed by atoms with E-state index in [2.05, 4.69) is 6.58 Å². The first-order valence-electron chi connectivity index (χ1n) is 5.36. The molecule has 1 amide bonds. The zero-order chi connectivity index (χ0) is 12.7. The van der Waals surface area contributed by atoms with Crippen molar-refractivity contribution in [3.63, 3.8) is 0 Å². The van der Waals surface area contributed by atoms with Crippen molar-refractivity contribution >= 4 is 12.1 Å². The minimum atomic E-state index is -1.57. The van der Waals surface area contributed by atoms with Crippen molar-refractivity contribution in [1.29, 1.82) is 0 Å². The Bertz CT molecular complexity index is 376. The van der Waals surface area contributed by atoms with Gasteiger partial charge in [0.25, 0.3) is 0 Å². The van der Waals surface area contributed by atoms with Gasteiger partial charge in [0.05, 0.1) is 12.0 Å². The van der Waals surface area contributed by atoms with Gasteiger partial charge in [-0.3, -0.25) is 4.79 Å². The fraction of sp³-hybridized carbons (Fsp3) is 0.636. The molecule has 1 saturated carbocycles. The molecule has 1 aliphatic carbocycles. The van der Waals surface area contributed by atoms with E-state index in [1.807, 2.05) is 0 Å². The molecule has 0 aromatic heterocycles. The van der Waals surface area contributed by atoms with E-state index in [1.165, 1.54) is 6.08 Å². The monoisotopic (exact) mass is 243 g/mol. The molecule has 94 valence electrons. The second kappa shape index (κ2) is 3.72. The second-order valence-corrected chi connectivity index (χ2v) is 4.81. The van der Waals surface area contributed by atoms with Crippen LogP contribution in [-0.4, -0.2) is 47.4 Å². The third kappa shape index (κ3) is 1.87. The van der Waals surface area contributed by atoms with Crippen LogP contribution in [0.25, 0.3) is 0 Å². The molecule has 5 nitrogen and oxygen atoms in total. The van der Waals surface area contributed by atoms with Gasteiger partial charge in [0.15, 0.2) is 0 Å². The number of rotatable bonds is 3. The van der Waals surface area contributed by atoms with Gasteiger partial charge in [-0.2, -0.15) is 0 Å². The minimum Gasteiger partial charge on any atom is -0.481 e. The number of nitrogens with zero attached hydrogens (tertiary/aromatic N) is 1. The summed E-state index contributed by atoms with van der Waals surface area (Å²) in [6, 6.07) is 0. The van der Waals surface area contributed by atoms with Gasteiger partial charge in [-0.05, 0) is 0 Å². The van der Waals surface area contributed by atoms with E-state index in [1.54, 1.807) is 0 Å². The molecule has 0 radical (unpaired) electrons. The van der Waals surface area contributed by atoms with Gasteiger partial charge in [0.1, 0.15) is 12.3 Å². The zero-order valence-corrected chi connectivity index (χ0v) is 9.32. The zero-order valence-electron chi connectivity index (χ0n) is 9.32. The molecule has 0 unspecified atom stereocenters. The van der Waals surface area contributed by atoms with Gasteiger partial charge in [0, 0.05) is 19.4 Å². The Balaban J connectivity index is 2.05. The van der Waals surface area contributed by atoms with Crippen molar-refractivity contribution in [2.45, 2.75) is 18.5 Å². The molecule has 2 saturated heterocycles. The van der Waals surface area contributed by atoms with Crippen molar-refractivity contribution in [3.05, 3.63) is 12.7 Å². The van der Waals surface area contributed by atoms with Gasteiger partial charge < -0.3 is 14.7 Å². The van der Waals surface area contributed by atoms with Crippen LogP contribution in [-0.2, 0) is 9.53 Å². The summed E-state index contributed by atoms with van der Waals surface area (Å²) in [4.78, 5) is 23.7. The molecule has 6 heteroatoms. The number of carboxylic acid groups (broad SMARTS) is 1. The summed E-state index contributed by atoms with van der Waals surface area (Å²) in [6.45, 7) is 3.36. The van der Waals surface area contributed by atoms with Crippen LogP contribution >= 0.6 is 0 Å². The Morgan fingerprint density at radius 2 is 2.12 bits per heavy atom. The van der Waals surface area contributed by atoms with E-state index >= 15 is 0 Å². The highest BCUT2D eigenvalue weighted by Crippen LogP contribution is 2.55. The van der Waals surface area contributed by atoms with Crippen LogP contribution in [0.2, 0.25) is 0 Å². The third-order valence-electron chi connectivity index (χ3n) is 3.31. The summed E-state index contributed by atoms with van der Waals surface area (Å²) in [5.41, 5.74) is -2.69. The molecule has 2 bridgehead atoms. The molecule has 0 aromatic carbocycles. The van der Waals surface area contributed by atoms with E-state index in [-0.39, 0.29) is 32.5 Å². The number of carboxylic acids is 1. The van der Waals surface area contributed by atoms with E-state index in [0.29, 0.717) is 0 Å². The maximum absolute atomic E-state index is 13.9. The maximum atomic E-state index is 13.9. The molecule has 3 fully saturated rings. The largest absolute Gasteiger partial charge is 0.481 e. The molecule has 2 heterocycles. The summed E-state index contributed by atoms with van der Waals surface area (Å²) >= 11 is 0. The first-order valence-corrected chi connectivity index (χ1v) is 5.36. The lowest BCUT2D eigenvalue weighted by Crippen LogP contribution is -2.68. The first kappa shape index (κ1) is 11.9. The number of amides is 1. The smallest absolute Gasteiger partial charge is 0.410 e. The Morgan fingerprint density at radius 1 is 1.47 bits per heavy atom. The third-order valence-corrected chi connectivity index (χ3v) is 3.31. The van der Waals surface area contributed by atoms with E-state index in [0.717, 1.165) is 4.90 Å². The normalized spacial score (nSPS) is 34.8. The first-order chi connectivity index (χ1) is 7.91. The standard InChI is InChI=1S/C11H14FNO4/c1-2-3-17-9(16)13-6-10(8(14)15)4-11(12,5-10)7-13/h2H,1,3-7H2,(H,14,15). The van der Waals surface area contributed by atoms with Crippen molar-refractivity contribution in [3.8, 4) is 0 Å². The van der Waals surface area contributed by atoms with Crippen molar-refractivity contribution in [2.75, 3.05) is 19.7 Å². The SMILES string of the molecule is C=CCOC(=O)N1CC2(F)CC(C(=O)O)(C1)C2. The number of hydrogen-bond donors (Lipinski definition) is 1. The molecule has 0 spiro atoms. The average molecular weight is 243 g/mol. The fourth-order valence-corrected chi connectivity index (χ4v) is 2.72. The topological polar surface area (TPSA) is 66.8 Å². The summed E-state index contributed by atoms with van der Waals surface area (Å²) in [6.07, 6.45) is 0.694. The number of carbonyl (C=O) groups is 2. The Morgan fingerprint density at radius 3 is 2.65 bits per heavy atom. The quantitative estimate of drug-likeness (QED) is 0.756. The van der Waals surface area contributed by atoms with E-state index < -0.39 is 23.1 Å². The van der Waals surface area contributed by atoms with Crippen molar-refractivity contribution < 1.29 is 23.8 Å². The van der Waals surface area contributed by atoms with Gasteiger partial charge >= 0.3 is 12.1 Å². The lowest BCUT2D eigenvalue weighted by Gasteiger charge is -2.56. The van der Waals surface area contributed by atoms with Crippen LogP contribution in [0.15, 0.2) is 12.7 Å². The lowest BCUT2D eigenvalue weighted by molar-refractivity contribution is -0.186. The Kier molecular flexibility index (Phi) is 2.60. The fourth-order valence-electron chi connectivity index (χ4n) is 2.72. The van der Waals surface area contributed by atoms with Crippen LogP contribution < -0.4 is 0 Å². The second-order valence-electron chi connectivity index (χ2n) is 4.81. The minimum absolute atomic E-state index is 0.0133. The lowest BCUT2D eigenvalue weighted by atomic mass is 9.57. The van der Waals surface area contributed by atoms with Crippen LogP contribution in [0.5, 0.6) is 0 Å². The van der Waals surface area contributed by atoms with Crippen LogP contribution in [0.4, 0.5) is 9.18 Å². The summed E-state index contributed by atoms with van der Waals surface area (Å²) in [7, 11) is 0. The molecular weight excluding hydrogens is 229 g/mol. The summed E-state index contributed by atoms with van der Waals surface area (Å²) in [5, 5.41) is 9.06. The number of hydrogen-bond acceptors (Lipinski definition) is 3. The molecule has 1 N–H and O–H groups in total. The van der Waals surface area contributed by atoms with Gasteiger partial charge in [-0.15, -0.1) is 0 Å². The summed E-state index contributed by atoms with van der Waals surface area (Å²) < 4.78 is 18.7. The highest BCUT2D eigenvalue weighted by Gasteiger charge is 2.65. The molecule has 0 aromatic rings. The molecule has 3 aliphatic rings.